The highest BCUT2D eigenvalue weighted by molar-refractivity contribution is 8.00. The van der Waals surface area contributed by atoms with Crippen molar-refractivity contribution in [3.05, 3.63) is 98.7 Å². The lowest BCUT2D eigenvalue weighted by Crippen LogP contribution is -2.32. The number of thiazole rings is 1. The summed E-state index contributed by atoms with van der Waals surface area (Å²) in [6.45, 7) is -0.316. The summed E-state index contributed by atoms with van der Waals surface area (Å²) in [6.07, 6.45) is 0. The summed E-state index contributed by atoms with van der Waals surface area (Å²) >= 11 is 2.12. The number of H-pyrrole nitrogens is 1. The van der Waals surface area contributed by atoms with Crippen LogP contribution in [0, 0.1) is 11.7 Å². The summed E-state index contributed by atoms with van der Waals surface area (Å²) in [5.74, 6) is -2.33. The van der Waals surface area contributed by atoms with Crippen LogP contribution in [0.1, 0.15) is 16.4 Å². The monoisotopic (exact) mass is 591 g/mol. The Kier molecular flexibility index (Phi) is 7.10. The molecule has 0 aliphatic carbocycles. The van der Waals surface area contributed by atoms with E-state index in [-0.39, 0.29) is 17.2 Å². The molecule has 4 aromatic rings. The number of carbonyl (C=O) groups excluding carboxylic acids is 3. The van der Waals surface area contributed by atoms with Crippen LogP contribution in [0.5, 0.6) is 11.5 Å². The number of rotatable bonds is 7. The SMILES string of the molecule is COc1ccc(NC(=O)COc2ccccc2[C@H]2c3sc(=O)[nH]c3SC3C(=O)N(c4ccc(F)cc4)C(=O)C32)cc1. The first-order chi connectivity index (χ1) is 19.8. The minimum absolute atomic E-state index is 0.270. The maximum Gasteiger partial charge on any atom is 0.305 e. The molecule has 3 amide bonds. The summed E-state index contributed by atoms with van der Waals surface area (Å²) in [4.78, 5) is 56.7. The van der Waals surface area contributed by atoms with Crippen molar-refractivity contribution in [2.75, 3.05) is 23.9 Å². The number of hydrogen-bond donors (Lipinski definition) is 2. The third-order valence-corrected chi connectivity index (χ3v) is 9.30. The van der Waals surface area contributed by atoms with E-state index in [1.54, 1.807) is 55.6 Å². The molecule has 41 heavy (non-hydrogen) atoms. The molecule has 2 unspecified atom stereocenters. The molecular weight excluding hydrogens is 569 g/mol. The first-order valence-corrected chi connectivity index (χ1v) is 14.2. The zero-order valence-corrected chi connectivity index (χ0v) is 23.1. The van der Waals surface area contributed by atoms with Crippen LogP contribution in [0.2, 0.25) is 0 Å². The average molecular weight is 592 g/mol. The van der Waals surface area contributed by atoms with Gasteiger partial charge in [0.1, 0.15) is 22.6 Å². The minimum atomic E-state index is -0.852. The number of halogens is 1. The number of ether oxygens (including phenoxy) is 2. The Bertz CT molecular complexity index is 1700. The van der Waals surface area contributed by atoms with E-state index < -0.39 is 40.6 Å². The van der Waals surface area contributed by atoms with Gasteiger partial charge in [0.25, 0.3) is 5.91 Å². The molecule has 1 aromatic heterocycles. The molecule has 0 saturated carbocycles. The smallest absolute Gasteiger partial charge is 0.305 e. The van der Waals surface area contributed by atoms with Crippen molar-refractivity contribution >= 4 is 52.2 Å². The third kappa shape index (κ3) is 5.00. The molecule has 0 radical (unpaired) electrons. The van der Waals surface area contributed by atoms with Crippen LogP contribution in [0.3, 0.4) is 0 Å². The molecule has 6 rings (SSSR count). The van der Waals surface area contributed by atoms with Crippen molar-refractivity contribution < 1.29 is 28.2 Å². The fourth-order valence-electron chi connectivity index (χ4n) is 5.08. The number of aromatic nitrogens is 1. The quantitative estimate of drug-likeness (QED) is 0.306. The number of thioether (sulfide) groups is 1. The lowest BCUT2D eigenvalue weighted by atomic mass is 9.82. The normalized spacial score (nSPS) is 19.5. The number of imide groups is 1. The molecule has 1 saturated heterocycles. The minimum Gasteiger partial charge on any atom is -0.497 e. The zero-order chi connectivity index (χ0) is 28.7. The molecule has 0 spiro atoms. The predicted molar refractivity (Wildman–Crippen MR) is 152 cm³/mol. The number of benzene rings is 3. The molecule has 1 fully saturated rings. The van der Waals surface area contributed by atoms with Crippen LogP contribution in [0.25, 0.3) is 0 Å². The lowest BCUT2D eigenvalue weighted by molar-refractivity contribution is -0.122. The number of aromatic amines is 1. The van der Waals surface area contributed by atoms with Crippen LogP contribution in [0.4, 0.5) is 15.8 Å². The van der Waals surface area contributed by atoms with E-state index in [1.165, 1.54) is 24.3 Å². The Morgan fingerprint density at radius 3 is 2.46 bits per heavy atom. The lowest BCUT2D eigenvalue weighted by Gasteiger charge is -2.30. The predicted octanol–water partition coefficient (Wildman–Crippen LogP) is 4.40. The van der Waals surface area contributed by atoms with Crippen molar-refractivity contribution in [2.45, 2.75) is 16.2 Å². The van der Waals surface area contributed by atoms with Gasteiger partial charge in [0, 0.05) is 22.0 Å². The summed E-state index contributed by atoms with van der Waals surface area (Å²) < 4.78 is 24.7. The van der Waals surface area contributed by atoms with Crippen LogP contribution in [0.15, 0.2) is 82.6 Å². The van der Waals surface area contributed by atoms with Gasteiger partial charge < -0.3 is 19.8 Å². The van der Waals surface area contributed by atoms with Crippen molar-refractivity contribution in [1.29, 1.82) is 0 Å². The maximum absolute atomic E-state index is 13.9. The van der Waals surface area contributed by atoms with Gasteiger partial charge in [-0.2, -0.15) is 0 Å². The van der Waals surface area contributed by atoms with E-state index >= 15 is 0 Å². The summed E-state index contributed by atoms with van der Waals surface area (Å²) in [5.41, 5.74) is 1.41. The van der Waals surface area contributed by atoms with Gasteiger partial charge in [0.15, 0.2) is 6.61 Å². The maximum atomic E-state index is 13.9. The van der Waals surface area contributed by atoms with E-state index in [9.17, 15) is 23.6 Å². The number of hydrogen-bond acceptors (Lipinski definition) is 8. The first-order valence-electron chi connectivity index (χ1n) is 12.5. The van der Waals surface area contributed by atoms with Gasteiger partial charge >= 0.3 is 4.87 Å². The van der Waals surface area contributed by atoms with Gasteiger partial charge in [0.05, 0.1) is 23.7 Å². The summed E-state index contributed by atoms with van der Waals surface area (Å²) in [5, 5.41) is 2.46. The van der Waals surface area contributed by atoms with Crippen LogP contribution in [-0.2, 0) is 14.4 Å². The number of nitrogens with one attached hydrogen (secondary N) is 2. The van der Waals surface area contributed by atoms with E-state index in [4.69, 9.17) is 9.47 Å². The molecule has 208 valence electrons. The third-order valence-electron chi connectivity index (χ3n) is 6.90. The molecule has 3 heterocycles. The second kappa shape index (κ2) is 10.9. The molecule has 3 atom stereocenters. The molecular formula is C29H22FN3O6S2. The number of nitrogens with zero attached hydrogens (tertiary/aromatic N) is 1. The number of carbonyl (C=O) groups is 3. The molecule has 2 N–H and O–H groups in total. The van der Waals surface area contributed by atoms with E-state index in [0.29, 0.717) is 32.7 Å². The van der Waals surface area contributed by atoms with Gasteiger partial charge in [-0.05, 0) is 54.6 Å². The number of para-hydroxylation sites is 1. The molecule has 2 aliphatic rings. The average Bonchev–Trinajstić information content (AvgIpc) is 3.47. The fourth-order valence-corrected chi connectivity index (χ4v) is 7.59. The molecule has 0 bridgehead atoms. The Morgan fingerprint density at radius 2 is 1.73 bits per heavy atom. The number of amides is 3. The van der Waals surface area contributed by atoms with Gasteiger partial charge in [0.2, 0.25) is 11.8 Å². The number of methoxy groups -OCH3 is 1. The largest absolute Gasteiger partial charge is 0.497 e. The van der Waals surface area contributed by atoms with Crippen LogP contribution < -0.4 is 24.6 Å². The van der Waals surface area contributed by atoms with E-state index in [0.717, 1.165) is 28.0 Å². The van der Waals surface area contributed by atoms with Crippen molar-refractivity contribution in [2.24, 2.45) is 5.92 Å². The Morgan fingerprint density at radius 1 is 1.00 bits per heavy atom. The highest BCUT2D eigenvalue weighted by Gasteiger charge is 2.56. The molecule has 3 aromatic carbocycles. The van der Waals surface area contributed by atoms with Crippen LogP contribution >= 0.6 is 23.1 Å². The Hall–Kier alpha value is -4.42. The van der Waals surface area contributed by atoms with Crippen molar-refractivity contribution in [3.63, 3.8) is 0 Å². The Labute approximate surface area is 241 Å². The van der Waals surface area contributed by atoms with Gasteiger partial charge in [-0.15, -0.1) is 0 Å². The summed E-state index contributed by atoms with van der Waals surface area (Å²) in [6, 6.07) is 19.0. The van der Waals surface area contributed by atoms with Gasteiger partial charge in [-0.3, -0.25) is 19.2 Å². The highest BCUT2D eigenvalue weighted by Crippen LogP contribution is 2.54. The topological polar surface area (TPSA) is 118 Å². The molecule has 9 nitrogen and oxygen atoms in total. The van der Waals surface area contributed by atoms with Crippen molar-refractivity contribution in [3.8, 4) is 11.5 Å². The molecule has 12 heteroatoms. The number of anilines is 2. The van der Waals surface area contributed by atoms with E-state index in [2.05, 4.69) is 10.3 Å². The number of fused-ring (bicyclic) bond motifs is 2. The second-order valence-corrected chi connectivity index (χ2v) is 11.5. The van der Waals surface area contributed by atoms with E-state index in [1.807, 2.05) is 0 Å². The molecule has 2 aliphatic heterocycles. The first kappa shape index (κ1) is 26.8. The fraction of sp³-hybridized carbons (Fsp3) is 0.172. The van der Waals surface area contributed by atoms with Crippen LogP contribution in [-0.4, -0.2) is 41.7 Å². The standard InChI is InChI=1S/C29H22FN3O6S2/c1-38-18-12-8-16(9-13-18)31-21(34)14-39-20-5-3-2-4-19(20)22-23-25(40-26-24(22)41-29(37)32-26)28(36)33(27(23)35)17-10-6-15(30)7-11-17/h2-13,22-23,25H,14H2,1H3,(H,31,34)(H,32,37)/t22-,23?,25?/m1/s1. The van der Waals surface area contributed by atoms with Gasteiger partial charge in [-0.1, -0.05) is 41.3 Å². The second-order valence-electron chi connectivity index (χ2n) is 9.34. The Balaban J connectivity index is 1.31. The van der Waals surface area contributed by atoms with Crippen molar-refractivity contribution in [1.82, 2.24) is 4.98 Å². The van der Waals surface area contributed by atoms with Gasteiger partial charge in [-0.25, -0.2) is 9.29 Å². The summed E-state index contributed by atoms with van der Waals surface area (Å²) in [7, 11) is 1.55. The highest BCUT2D eigenvalue weighted by atomic mass is 32.2. The zero-order valence-electron chi connectivity index (χ0n) is 21.5.